The Morgan fingerprint density at radius 2 is 1.93 bits per heavy atom. The summed E-state index contributed by atoms with van der Waals surface area (Å²) in [6.45, 7) is 0.0110. The first-order valence-corrected chi connectivity index (χ1v) is 5.17. The summed E-state index contributed by atoms with van der Waals surface area (Å²) in [4.78, 5) is 10.0. The van der Waals surface area contributed by atoms with Crippen molar-refractivity contribution in [1.29, 1.82) is 0 Å². The number of halogens is 2. The van der Waals surface area contributed by atoms with Gasteiger partial charge < -0.3 is 0 Å². The van der Waals surface area contributed by atoms with Gasteiger partial charge in [0.25, 0.3) is 0 Å². The minimum atomic E-state index is -0.903. The van der Waals surface area contributed by atoms with Crippen LogP contribution in [0.4, 0.5) is 0 Å². The number of hydrogen-bond donors (Lipinski definition) is 0. The summed E-state index contributed by atoms with van der Waals surface area (Å²) in [5.74, 6) is 0. The molecule has 1 fully saturated rings. The zero-order valence-corrected chi connectivity index (χ0v) is 8.96. The molecule has 0 amide bonds. The van der Waals surface area contributed by atoms with Crippen molar-refractivity contribution >= 4 is 35.6 Å². The molecule has 1 aliphatic heterocycles. The summed E-state index contributed by atoms with van der Waals surface area (Å²) in [6, 6.07) is 9.59. The molecule has 0 unspecified atom stereocenters. The fourth-order valence-corrected chi connectivity index (χ4v) is 1.90. The van der Waals surface area contributed by atoms with Gasteiger partial charge in [-0.2, -0.15) is 0 Å². The molecule has 74 valence electrons. The van der Waals surface area contributed by atoms with Crippen LogP contribution in [0.15, 0.2) is 30.3 Å². The van der Waals surface area contributed by atoms with Crippen molar-refractivity contribution < 1.29 is 9.69 Å². The molecule has 2 rings (SSSR count). The molecule has 0 spiro atoms. The van der Waals surface area contributed by atoms with Crippen LogP contribution >= 0.6 is 23.2 Å². The van der Waals surface area contributed by atoms with Crippen molar-refractivity contribution in [3.63, 3.8) is 0 Å². The molecule has 0 atom stereocenters. The lowest BCUT2D eigenvalue weighted by atomic mass is 9.56. The predicted octanol–water partition coefficient (Wildman–Crippen LogP) is 1.95. The molecule has 1 heterocycles. The van der Waals surface area contributed by atoms with Crippen LogP contribution in [0.1, 0.15) is 6.42 Å². The molecule has 14 heavy (non-hydrogen) atoms. The van der Waals surface area contributed by atoms with Crippen molar-refractivity contribution in [3.05, 3.63) is 30.3 Å². The molecule has 1 aromatic carbocycles. The highest BCUT2D eigenvalue weighted by atomic mass is 35.5. The maximum Gasteiger partial charge on any atom is 0.409 e. The Labute approximate surface area is 93.1 Å². The summed E-state index contributed by atoms with van der Waals surface area (Å²) >= 11 is 12.3. The first-order valence-electron chi connectivity index (χ1n) is 4.41. The molecule has 5 heteroatoms. The molecule has 2 nitrogen and oxygen atoms in total. The van der Waals surface area contributed by atoms with E-state index in [-0.39, 0.29) is 0 Å². The lowest BCUT2D eigenvalue weighted by Gasteiger charge is -2.30. The minimum Gasteiger partial charge on any atom is -0.295 e. The van der Waals surface area contributed by atoms with E-state index in [9.17, 15) is 0 Å². The zero-order valence-electron chi connectivity index (χ0n) is 7.45. The standard InChI is InChI=1S/C9H9BCl2O2/c11-9(12)6-7-13-14-10(9)8-4-2-1-3-5-8/h1-5H,6-7H2. The smallest absolute Gasteiger partial charge is 0.295 e. The second kappa shape index (κ2) is 4.11. The van der Waals surface area contributed by atoms with Crippen LogP contribution < -0.4 is 5.46 Å². The summed E-state index contributed by atoms with van der Waals surface area (Å²) in [5, 5.41) is 0. The molecule has 0 N–H and O–H groups in total. The molecule has 1 aromatic rings. The Morgan fingerprint density at radius 3 is 2.57 bits per heavy atom. The number of hydrogen-bond acceptors (Lipinski definition) is 2. The van der Waals surface area contributed by atoms with Crippen LogP contribution in [0.25, 0.3) is 0 Å². The Bertz CT molecular complexity index is 305. The maximum atomic E-state index is 6.13. The largest absolute Gasteiger partial charge is 0.409 e. The van der Waals surface area contributed by atoms with Crippen molar-refractivity contribution in [2.24, 2.45) is 0 Å². The quantitative estimate of drug-likeness (QED) is 0.417. The number of alkyl halides is 2. The van der Waals surface area contributed by atoms with Gasteiger partial charge in [0.1, 0.15) is 4.23 Å². The molecule has 0 aliphatic carbocycles. The van der Waals surface area contributed by atoms with E-state index in [1.54, 1.807) is 0 Å². The van der Waals surface area contributed by atoms with E-state index < -0.39 is 11.1 Å². The van der Waals surface area contributed by atoms with Gasteiger partial charge in [-0.05, 0) is 5.46 Å². The van der Waals surface area contributed by atoms with Gasteiger partial charge in [0.05, 0.1) is 6.61 Å². The number of rotatable bonds is 1. The maximum absolute atomic E-state index is 6.13. The zero-order chi connectivity index (χ0) is 10.0. The second-order valence-electron chi connectivity index (χ2n) is 3.22. The van der Waals surface area contributed by atoms with Crippen LogP contribution in [-0.2, 0) is 9.69 Å². The van der Waals surface area contributed by atoms with E-state index in [0.29, 0.717) is 13.0 Å². The van der Waals surface area contributed by atoms with Crippen LogP contribution in [0, 0.1) is 0 Å². The lowest BCUT2D eigenvalue weighted by molar-refractivity contribution is -0.223. The Morgan fingerprint density at radius 1 is 1.21 bits per heavy atom. The van der Waals surface area contributed by atoms with Crippen LogP contribution in [0.2, 0.25) is 0 Å². The molecule has 0 radical (unpaired) electrons. The van der Waals surface area contributed by atoms with E-state index in [1.165, 1.54) is 0 Å². The average molecular weight is 231 g/mol. The van der Waals surface area contributed by atoms with Crippen LogP contribution in [0.5, 0.6) is 0 Å². The normalized spacial score (nSPS) is 20.9. The Hall–Kier alpha value is -0.215. The molecular formula is C9H9BCl2O2. The van der Waals surface area contributed by atoms with Gasteiger partial charge in [-0.1, -0.05) is 30.3 Å². The summed E-state index contributed by atoms with van der Waals surface area (Å²) in [7, 11) is 0. The summed E-state index contributed by atoms with van der Waals surface area (Å²) in [6.07, 6.45) is 0.565. The topological polar surface area (TPSA) is 18.5 Å². The van der Waals surface area contributed by atoms with Gasteiger partial charge >= 0.3 is 6.92 Å². The van der Waals surface area contributed by atoms with Gasteiger partial charge in [-0.3, -0.25) is 9.69 Å². The van der Waals surface area contributed by atoms with E-state index in [2.05, 4.69) is 0 Å². The Kier molecular flexibility index (Phi) is 3.03. The first-order chi connectivity index (χ1) is 6.70. The molecule has 0 saturated carbocycles. The lowest BCUT2D eigenvalue weighted by Crippen LogP contribution is -2.52. The van der Waals surface area contributed by atoms with Gasteiger partial charge in [0.15, 0.2) is 0 Å². The first kappa shape index (κ1) is 10.3. The van der Waals surface area contributed by atoms with Gasteiger partial charge in [-0.25, -0.2) is 0 Å². The summed E-state index contributed by atoms with van der Waals surface area (Å²) in [5.41, 5.74) is 0.928. The van der Waals surface area contributed by atoms with Crippen LogP contribution in [-0.4, -0.2) is 17.8 Å². The monoisotopic (exact) mass is 230 g/mol. The van der Waals surface area contributed by atoms with E-state index in [0.717, 1.165) is 5.46 Å². The van der Waals surface area contributed by atoms with E-state index >= 15 is 0 Å². The third kappa shape index (κ3) is 2.06. The van der Waals surface area contributed by atoms with E-state index in [1.807, 2.05) is 30.3 Å². The van der Waals surface area contributed by atoms with Crippen molar-refractivity contribution in [3.8, 4) is 0 Å². The third-order valence-electron chi connectivity index (χ3n) is 2.17. The molecule has 0 aromatic heterocycles. The predicted molar refractivity (Wildman–Crippen MR) is 57.9 cm³/mol. The molecular weight excluding hydrogens is 222 g/mol. The average Bonchev–Trinajstić information content (AvgIpc) is 2.18. The van der Waals surface area contributed by atoms with Crippen molar-refractivity contribution in [2.45, 2.75) is 10.7 Å². The number of benzene rings is 1. The highest BCUT2D eigenvalue weighted by Gasteiger charge is 2.45. The fraction of sp³-hybridized carbons (Fsp3) is 0.333. The molecule has 0 bridgehead atoms. The van der Waals surface area contributed by atoms with Gasteiger partial charge in [-0.15, -0.1) is 23.2 Å². The molecule has 1 saturated heterocycles. The third-order valence-corrected chi connectivity index (χ3v) is 2.94. The van der Waals surface area contributed by atoms with E-state index in [4.69, 9.17) is 32.9 Å². The minimum absolute atomic E-state index is 0.416. The van der Waals surface area contributed by atoms with Gasteiger partial charge in [0, 0.05) is 6.42 Å². The van der Waals surface area contributed by atoms with Crippen molar-refractivity contribution in [2.75, 3.05) is 6.61 Å². The fourth-order valence-electron chi connectivity index (χ4n) is 1.42. The highest BCUT2D eigenvalue weighted by molar-refractivity contribution is 6.87. The van der Waals surface area contributed by atoms with Crippen molar-refractivity contribution in [1.82, 2.24) is 0 Å². The Balaban J connectivity index is 2.24. The highest BCUT2D eigenvalue weighted by Crippen LogP contribution is 2.32. The SMILES string of the molecule is ClC1(Cl)CCOOB1c1ccccc1. The molecule has 1 aliphatic rings. The van der Waals surface area contributed by atoms with Crippen LogP contribution in [0.3, 0.4) is 0 Å². The second-order valence-corrected chi connectivity index (χ2v) is 4.76. The summed E-state index contributed by atoms with van der Waals surface area (Å²) < 4.78 is -0.903. The van der Waals surface area contributed by atoms with Gasteiger partial charge in [0.2, 0.25) is 0 Å².